The van der Waals surface area contributed by atoms with Gasteiger partial charge in [-0.05, 0) is 18.9 Å². The van der Waals surface area contributed by atoms with Crippen molar-refractivity contribution in [1.82, 2.24) is 14.5 Å². The number of anilines is 2. The first-order valence-electron chi connectivity index (χ1n) is 10.9. The number of carbonyl (C=O) groups is 1. The highest BCUT2D eigenvalue weighted by atomic mass is 19.4. The Kier molecular flexibility index (Phi) is 5.85. The van der Waals surface area contributed by atoms with E-state index in [1.54, 1.807) is 0 Å². The van der Waals surface area contributed by atoms with E-state index in [-0.39, 0.29) is 36.0 Å². The summed E-state index contributed by atoms with van der Waals surface area (Å²) in [5.41, 5.74) is -0.612. The summed E-state index contributed by atoms with van der Waals surface area (Å²) in [4.78, 5) is 36.3. The van der Waals surface area contributed by atoms with Crippen molar-refractivity contribution < 1.29 is 36.2 Å². The molecule has 3 aliphatic heterocycles. The summed E-state index contributed by atoms with van der Waals surface area (Å²) < 4.78 is 77.3. The van der Waals surface area contributed by atoms with Crippen molar-refractivity contribution >= 4 is 17.5 Å². The minimum absolute atomic E-state index is 0.0212. The summed E-state index contributed by atoms with van der Waals surface area (Å²) in [5.74, 6) is -1.19. The third-order valence-corrected chi connectivity index (χ3v) is 6.39. The van der Waals surface area contributed by atoms with Gasteiger partial charge in [-0.1, -0.05) is 0 Å². The number of morpholine rings is 1. The number of Topliss-reactive ketones (excluding diaryl/α,β-unsaturated/α-hetero) is 1. The maximum Gasteiger partial charge on any atom is 0.408 e. The SMILES string of the molecule is O=C(CN1c2nc(N3C[C@@H]4C[C@H]3CO4)cc(=O)n2CC[C@H]1C(F)(F)F)c1ccc(OC(F)F)nc1. The number of fused-ring (bicyclic) bond motifs is 3. The molecule has 188 valence electrons. The van der Waals surface area contributed by atoms with E-state index in [1.807, 2.05) is 4.90 Å². The molecule has 0 N–H and O–H groups in total. The zero-order chi connectivity index (χ0) is 24.9. The van der Waals surface area contributed by atoms with Gasteiger partial charge in [0.25, 0.3) is 5.56 Å². The van der Waals surface area contributed by atoms with Crippen LogP contribution >= 0.6 is 0 Å². The summed E-state index contributed by atoms with van der Waals surface area (Å²) in [6.07, 6.45) is -3.46. The molecule has 0 aromatic carbocycles. The lowest BCUT2D eigenvalue weighted by Crippen LogP contribution is -2.54. The fourth-order valence-electron chi connectivity index (χ4n) is 4.76. The lowest BCUT2D eigenvalue weighted by atomic mass is 10.1. The topological polar surface area (TPSA) is 89.8 Å². The third kappa shape index (κ3) is 4.54. The molecule has 2 aromatic rings. The van der Waals surface area contributed by atoms with Crippen LogP contribution in [0.3, 0.4) is 0 Å². The van der Waals surface area contributed by atoms with Crippen LogP contribution in [0.1, 0.15) is 23.2 Å². The van der Waals surface area contributed by atoms with Crippen molar-refractivity contribution in [3.05, 3.63) is 40.3 Å². The molecule has 0 aliphatic carbocycles. The average Bonchev–Trinajstić information content (AvgIpc) is 3.42. The second-order valence-corrected chi connectivity index (χ2v) is 8.56. The molecular formula is C21H20F5N5O4. The molecule has 0 saturated carbocycles. The van der Waals surface area contributed by atoms with Crippen LogP contribution in [-0.2, 0) is 11.3 Å². The summed E-state index contributed by atoms with van der Waals surface area (Å²) in [6, 6.07) is 1.39. The standard InChI is InChI=1S/C21H20F5N5O4/c22-19(23)35-17-2-1-11(7-27-17)14(32)9-31-15(21(24,25)26)3-4-29-18(33)6-16(28-20(29)31)30-8-13-5-12(30)10-34-13/h1-2,6-7,12-13,15,19H,3-5,8-10H2/t12-,13-,15-/m0/s1. The van der Waals surface area contributed by atoms with E-state index in [9.17, 15) is 31.5 Å². The summed E-state index contributed by atoms with van der Waals surface area (Å²) >= 11 is 0. The van der Waals surface area contributed by atoms with Crippen LogP contribution in [0.25, 0.3) is 0 Å². The van der Waals surface area contributed by atoms with Gasteiger partial charge in [0.15, 0.2) is 5.78 Å². The Hall–Kier alpha value is -3.29. The van der Waals surface area contributed by atoms with Crippen LogP contribution in [0.4, 0.5) is 33.7 Å². The molecule has 9 nitrogen and oxygen atoms in total. The van der Waals surface area contributed by atoms with Gasteiger partial charge < -0.3 is 19.3 Å². The molecule has 3 aliphatic rings. The van der Waals surface area contributed by atoms with Gasteiger partial charge in [0.2, 0.25) is 11.8 Å². The summed E-state index contributed by atoms with van der Waals surface area (Å²) in [7, 11) is 0. The molecule has 5 rings (SSSR count). The Balaban J connectivity index is 1.47. The van der Waals surface area contributed by atoms with Crippen LogP contribution in [0.5, 0.6) is 5.88 Å². The third-order valence-electron chi connectivity index (χ3n) is 6.39. The molecule has 0 spiro atoms. The number of ether oxygens (including phenoxy) is 2. The molecular weight excluding hydrogens is 481 g/mol. The number of rotatable bonds is 6. The van der Waals surface area contributed by atoms with Crippen molar-refractivity contribution in [2.45, 2.75) is 50.4 Å². The average molecular weight is 501 g/mol. The molecule has 0 amide bonds. The monoisotopic (exact) mass is 501 g/mol. The van der Waals surface area contributed by atoms with Gasteiger partial charge >= 0.3 is 12.8 Å². The fraction of sp³-hybridized carbons (Fsp3) is 0.524. The van der Waals surface area contributed by atoms with E-state index < -0.39 is 49.0 Å². The quantitative estimate of drug-likeness (QED) is 0.440. The molecule has 5 heterocycles. The molecule has 2 aromatic heterocycles. The highest BCUT2D eigenvalue weighted by molar-refractivity contribution is 5.99. The van der Waals surface area contributed by atoms with Crippen molar-refractivity contribution in [2.75, 3.05) is 29.5 Å². The molecule has 0 radical (unpaired) electrons. The number of alkyl halides is 5. The van der Waals surface area contributed by atoms with E-state index in [1.165, 1.54) is 6.07 Å². The fourth-order valence-corrected chi connectivity index (χ4v) is 4.76. The minimum Gasteiger partial charge on any atom is -0.417 e. The van der Waals surface area contributed by atoms with Crippen LogP contribution in [-0.4, -0.2) is 71.0 Å². The number of ketones is 1. The van der Waals surface area contributed by atoms with Crippen LogP contribution in [0, 0.1) is 0 Å². The number of nitrogens with zero attached hydrogens (tertiary/aromatic N) is 5. The van der Waals surface area contributed by atoms with Crippen LogP contribution < -0.4 is 20.1 Å². The Labute approximate surface area is 195 Å². The largest absolute Gasteiger partial charge is 0.417 e. The molecule has 3 atom stereocenters. The Morgan fingerprint density at radius 3 is 2.69 bits per heavy atom. The number of hydrogen-bond donors (Lipinski definition) is 0. The van der Waals surface area contributed by atoms with E-state index in [2.05, 4.69) is 14.7 Å². The van der Waals surface area contributed by atoms with Gasteiger partial charge in [-0.25, -0.2) is 4.98 Å². The number of pyridine rings is 1. The van der Waals surface area contributed by atoms with Gasteiger partial charge in [-0.2, -0.15) is 26.9 Å². The van der Waals surface area contributed by atoms with Crippen molar-refractivity contribution in [2.24, 2.45) is 0 Å². The van der Waals surface area contributed by atoms with Crippen molar-refractivity contribution in [3.63, 3.8) is 0 Å². The predicted octanol–water partition coefficient (Wildman–Crippen LogP) is 2.24. The smallest absolute Gasteiger partial charge is 0.408 e. The number of aromatic nitrogens is 3. The molecule has 35 heavy (non-hydrogen) atoms. The lowest BCUT2D eigenvalue weighted by Gasteiger charge is -2.39. The van der Waals surface area contributed by atoms with Gasteiger partial charge in [-0.3, -0.25) is 14.2 Å². The first kappa shape index (κ1) is 23.5. The Morgan fingerprint density at radius 1 is 1.29 bits per heavy atom. The van der Waals surface area contributed by atoms with Crippen LogP contribution in [0.2, 0.25) is 0 Å². The van der Waals surface area contributed by atoms with Crippen molar-refractivity contribution in [3.8, 4) is 5.88 Å². The van der Waals surface area contributed by atoms with Crippen molar-refractivity contribution in [1.29, 1.82) is 0 Å². The highest BCUT2D eigenvalue weighted by Crippen LogP contribution is 2.36. The lowest BCUT2D eigenvalue weighted by molar-refractivity contribution is -0.152. The maximum absolute atomic E-state index is 13.9. The van der Waals surface area contributed by atoms with E-state index in [4.69, 9.17) is 4.74 Å². The van der Waals surface area contributed by atoms with E-state index >= 15 is 0 Å². The molecule has 0 unspecified atom stereocenters. The zero-order valence-electron chi connectivity index (χ0n) is 18.1. The Morgan fingerprint density at radius 2 is 2.09 bits per heavy atom. The van der Waals surface area contributed by atoms with Gasteiger partial charge in [0.05, 0.1) is 25.3 Å². The van der Waals surface area contributed by atoms with Gasteiger partial charge in [0, 0.05) is 37.0 Å². The van der Waals surface area contributed by atoms with E-state index in [0.29, 0.717) is 13.2 Å². The molecule has 14 heteroatoms. The minimum atomic E-state index is -4.69. The summed E-state index contributed by atoms with van der Waals surface area (Å²) in [6.45, 7) is -3.15. The first-order valence-corrected chi connectivity index (χ1v) is 10.9. The first-order chi connectivity index (χ1) is 16.6. The van der Waals surface area contributed by atoms with Crippen LogP contribution in [0.15, 0.2) is 29.2 Å². The van der Waals surface area contributed by atoms with Gasteiger partial charge in [-0.15, -0.1) is 0 Å². The number of carbonyl (C=O) groups excluding carboxylic acids is 1. The Bertz CT molecular complexity index is 1170. The zero-order valence-corrected chi connectivity index (χ0v) is 18.1. The predicted molar refractivity (Wildman–Crippen MR) is 111 cm³/mol. The second kappa shape index (κ2) is 8.73. The second-order valence-electron chi connectivity index (χ2n) is 8.56. The molecule has 2 fully saturated rings. The maximum atomic E-state index is 13.9. The highest BCUT2D eigenvalue weighted by Gasteiger charge is 2.48. The number of halogens is 5. The number of hydrogen-bond acceptors (Lipinski definition) is 8. The molecule has 2 bridgehead atoms. The van der Waals surface area contributed by atoms with E-state index in [0.717, 1.165) is 34.2 Å². The summed E-state index contributed by atoms with van der Waals surface area (Å²) in [5, 5.41) is 0. The normalized spacial score (nSPS) is 23.7. The van der Waals surface area contributed by atoms with Gasteiger partial charge in [0.1, 0.15) is 11.9 Å². The molecule has 2 saturated heterocycles.